The number of pyridine rings is 1. The summed E-state index contributed by atoms with van der Waals surface area (Å²) < 4.78 is 43.3. The molecule has 1 fully saturated rings. The standard InChI is InChI=1S/C24H22F2N6O2/c1-31-9-7-19(29-31)17-13-28-12-16-18(30-32(24(16)17)14-6-8-27-11-14)5-4-15-22(25)20(33-2)10-21(34-3)23(15)26/h7,9-10,12-14,27H,6,8,11H2,1-3H3/t14-/m0/s1. The summed E-state index contributed by atoms with van der Waals surface area (Å²) in [7, 11) is 4.43. The molecule has 4 aromatic rings. The van der Waals surface area contributed by atoms with Gasteiger partial charge in [0, 0.05) is 43.8 Å². The Kier molecular flexibility index (Phi) is 5.63. The van der Waals surface area contributed by atoms with Gasteiger partial charge >= 0.3 is 0 Å². The van der Waals surface area contributed by atoms with E-state index in [0.29, 0.717) is 11.1 Å². The zero-order chi connectivity index (χ0) is 23.8. The first-order chi connectivity index (χ1) is 16.5. The molecule has 0 amide bonds. The van der Waals surface area contributed by atoms with Crippen molar-refractivity contribution in [2.45, 2.75) is 12.5 Å². The quantitative estimate of drug-likeness (QED) is 0.468. The van der Waals surface area contributed by atoms with Crippen LogP contribution in [-0.4, -0.2) is 51.9 Å². The molecule has 5 rings (SSSR count). The Labute approximate surface area is 194 Å². The first-order valence-electron chi connectivity index (χ1n) is 10.7. The van der Waals surface area contributed by atoms with Crippen LogP contribution in [0.5, 0.6) is 11.5 Å². The van der Waals surface area contributed by atoms with Crippen LogP contribution in [0.1, 0.15) is 23.7 Å². The summed E-state index contributed by atoms with van der Waals surface area (Å²) in [6.45, 7) is 1.63. The summed E-state index contributed by atoms with van der Waals surface area (Å²) in [5, 5.41) is 13.3. The molecule has 0 spiro atoms. The van der Waals surface area contributed by atoms with Gasteiger partial charge < -0.3 is 14.8 Å². The highest BCUT2D eigenvalue weighted by Crippen LogP contribution is 2.33. The minimum Gasteiger partial charge on any atom is -0.493 e. The van der Waals surface area contributed by atoms with E-state index in [2.05, 4.69) is 27.2 Å². The first-order valence-corrected chi connectivity index (χ1v) is 10.7. The number of fused-ring (bicyclic) bond motifs is 1. The number of aromatic nitrogens is 5. The number of halogens is 2. The fourth-order valence-corrected chi connectivity index (χ4v) is 4.15. The van der Waals surface area contributed by atoms with Crippen molar-refractivity contribution < 1.29 is 18.3 Å². The van der Waals surface area contributed by atoms with Crippen LogP contribution in [0, 0.1) is 23.5 Å². The van der Waals surface area contributed by atoms with E-state index in [1.807, 2.05) is 24.0 Å². The predicted octanol–water partition coefficient (Wildman–Crippen LogP) is 3.06. The van der Waals surface area contributed by atoms with E-state index < -0.39 is 17.2 Å². The van der Waals surface area contributed by atoms with E-state index in [1.165, 1.54) is 14.2 Å². The summed E-state index contributed by atoms with van der Waals surface area (Å²) in [6, 6.07) is 3.16. The van der Waals surface area contributed by atoms with E-state index in [0.717, 1.165) is 42.4 Å². The van der Waals surface area contributed by atoms with Crippen molar-refractivity contribution in [3.63, 3.8) is 0 Å². The molecule has 1 N–H and O–H groups in total. The number of methoxy groups -OCH3 is 2. The zero-order valence-electron chi connectivity index (χ0n) is 18.9. The van der Waals surface area contributed by atoms with Gasteiger partial charge in [0.05, 0.1) is 36.9 Å². The van der Waals surface area contributed by atoms with Crippen molar-refractivity contribution in [2.75, 3.05) is 27.3 Å². The lowest BCUT2D eigenvalue weighted by molar-refractivity contribution is 0.357. The van der Waals surface area contributed by atoms with Gasteiger partial charge in [0.15, 0.2) is 23.1 Å². The molecular formula is C24H22F2N6O2. The number of nitrogens with zero attached hydrogens (tertiary/aromatic N) is 5. The van der Waals surface area contributed by atoms with Gasteiger partial charge in [-0.05, 0) is 25.0 Å². The summed E-state index contributed by atoms with van der Waals surface area (Å²) in [4.78, 5) is 4.37. The molecule has 0 saturated carbocycles. The van der Waals surface area contributed by atoms with Crippen LogP contribution < -0.4 is 14.8 Å². The molecule has 0 radical (unpaired) electrons. The van der Waals surface area contributed by atoms with E-state index >= 15 is 0 Å². The van der Waals surface area contributed by atoms with Gasteiger partial charge in [-0.1, -0.05) is 5.92 Å². The third-order valence-corrected chi connectivity index (χ3v) is 5.86. The predicted molar refractivity (Wildman–Crippen MR) is 122 cm³/mol. The Morgan fingerprint density at radius 3 is 2.47 bits per heavy atom. The largest absolute Gasteiger partial charge is 0.493 e. The normalized spacial score (nSPS) is 15.4. The summed E-state index contributed by atoms with van der Waals surface area (Å²) in [6.07, 6.45) is 6.16. The number of hydrogen-bond acceptors (Lipinski definition) is 6. The van der Waals surface area contributed by atoms with Gasteiger partial charge in [0.25, 0.3) is 0 Å². The fourth-order valence-electron chi connectivity index (χ4n) is 4.15. The molecule has 1 aliphatic heterocycles. The number of benzene rings is 1. The molecule has 0 bridgehead atoms. The minimum atomic E-state index is -0.899. The molecule has 0 unspecified atom stereocenters. The smallest absolute Gasteiger partial charge is 0.183 e. The second-order valence-electron chi connectivity index (χ2n) is 7.93. The molecule has 1 atom stereocenters. The molecule has 4 heterocycles. The third kappa shape index (κ3) is 3.64. The summed E-state index contributed by atoms with van der Waals surface area (Å²) in [5.41, 5.74) is 2.31. The van der Waals surface area contributed by atoms with Crippen LogP contribution in [0.3, 0.4) is 0 Å². The second-order valence-corrected chi connectivity index (χ2v) is 7.93. The SMILES string of the molecule is COc1cc(OC)c(F)c(C#Cc2nn([C@H]3CCNC3)c3c(-c4ccn(C)n4)cncc23)c1F. The fraction of sp³-hybridized carbons (Fsp3) is 0.292. The molecule has 1 aliphatic rings. The lowest BCUT2D eigenvalue weighted by Gasteiger charge is -2.12. The minimum absolute atomic E-state index is 0.105. The molecule has 1 aromatic carbocycles. The highest BCUT2D eigenvalue weighted by atomic mass is 19.1. The highest BCUT2D eigenvalue weighted by molar-refractivity contribution is 5.95. The maximum atomic E-state index is 14.8. The number of rotatable bonds is 4. The van der Waals surface area contributed by atoms with Gasteiger partial charge in [0.1, 0.15) is 11.3 Å². The van der Waals surface area contributed by atoms with Gasteiger partial charge in [-0.2, -0.15) is 10.2 Å². The van der Waals surface area contributed by atoms with Gasteiger partial charge in [-0.25, -0.2) is 8.78 Å². The van der Waals surface area contributed by atoms with Crippen LogP contribution >= 0.6 is 0 Å². The van der Waals surface area contributed by atoms with E-state index in [4.69, 9.17) is 14.6 Å². The topological polar surface area (TPSA) is 79.0 Å². The Hall–Kier alpha value is -3.97. The van der Waals surface area contributed by atoms with Crippen LogP contribution in [-0.2, 0) is 7.05 Å². The number of nitrogens with one attached hydrogen (secondary N) is 1. The maximum absolute atomic E-state index is 14.8. The van der Waals surface area contributed by atoms with Gasteiger partial charge in [-0.3, -0.25) is 14.3 Å². The van der Waals surface area contributed by atoms with Gasteiger partial charge in [-0.15, -0.1) is 0 Å². The van der Waals surface area contributed by atoms with Gasteiger partial charge in [0.2, 0.25) is 0 Å². The summed E-state index contributed by atoms with van der Waals surface area (Å²) in [5.74, 6) is 3.35. The van der Waals surface area contributed by atoms with Crippen LogP contribution in [0.4, 0.5) is 8.78 Å². The first kappa shape index (κ1) is 21.9. The van der Waals surface area contributed by atoms with Crippen LogP contribution in [0.15, 0.2) is 30.7 Å². The average Bonchev–Trinajstić information content (AvgIpc) is 3.59. The number of aryl methyl sites for hydroxylation is 1. The summed E-state index contributed by atoms with van der Waals surface area (Å²) >= 11 is 0. The zero-order valence-corrected chi connectivity index (χ0v) is 18.9. The monoisotopic (exact) mass is 464 g/mol. The third-order valence-electron chi connectivity index (χ3n) is 5.86. The van der Waals surface area contributed by atoms with E-state index in [-0.39, 0.29) is 17.5 Å². The van der Waals surface area contributed by atoms with Crippen molar-refractivity contribution in [3.05, 3.63) is 53.6 Å². The Bertz CT molecular complexity index is 1420. The van der Waals surface area contributed by atoms with Crippen molar-refractivity contribution in [3.8, 4) is 34.6 Å². The average molecular weight is 464 g/mol. The molecule has 8 nitrogen and oxygen atoms in total. The number of hydrogen-bond donors (Lipinski definition) is 1. The van der Waals surface area contributed by atoms with Crippen molar-refractivity contribution in [1.82, 2.24) is 29.9 Å². The lowest BCUT2D eigenvalue weighted by atomic mass is 10.1. The molecule has 34 heavy (non-hydrogen) atoms. The number of ether oxygens (including phenoxy) is 2. The Morgan fingerprint density at radius 2 is 1.85 bits per heavy atom. The van der Waals surface area contributed by atoms with Crippen LogP contribution in [0.2, 0.25) is 0 Å². The molecule has 0 aliphatic carbocycles. The lowest BCUT2D eigenvalue weighted by Crippen LogP contribution is -2.15. The molecule has 1 saturated heterocycles. The van der Waals surface area contributed by atoms with Crippen molar-refractivity contribution in [1.29, 1.82) is 0 Å². The second kappa shape index (κ2) is 8.76. The van der Waals surface area contributed by atoms with Crippen molar-refractivity contribution >= 4 is 10.9 Å². The van der Waals surface area contributed by atoms with E-state index in [9.17, 15) is 8.78 Å². The maximum Gasteiger partial charge on any atom is 0.183 e. The molecular weight excluding hydrogens is 442 g/mol. The highest BCUT2D eigenvalue weighted by Gasteiger charge is 2.24. The Balaban J connectivity index is 1.71. The molecule has 174 valence electrons. The molecule has 10 heteroatoms. The van der Waals surface area contributed by atoms with Crippen LogP contribution in [0.25, 0.3) is 22.2 Å². The van der Waals surface area contributed by atoms with Crippen molar-refractivity contribution in [2.24, 2.45) is 7.05 Å². The van der Waals surface area contributed by atoms with E-state index in [1.54, 1.807) is 17.1 Å². The Morgan fingerprint density at radius 1 is 1.09 bits per heavy atom. The molecule has 3 aromatic heterocycles.